The summed E-state index contributed by atoms with van der Waals surface area (Å²) >= 11 is 0. The van der Waals surface area contributed by atoms with Crippen molar-refractivity contribution < 1.29 is 0 Å². The summed E-state index contributed by atoms with van der Waals surface area (Å²) in [6.07, 6.45) is 11.7. The van der Waals surface area contributed by atoms with E-state index in [-0.39, 0.29) is 18.0 Å². The number of dihydropyridines is 1. The van der Waals surface area contributed by atoms with Crippen molar-refractivity contribution in [3.8, 4) is 0 Å². The van der Waals surface area contributed by atoms with Gasteiger partial charge in [0.1, 0.15) is 0 Å². The molecule has 2 aliphatic rings. The van der Waals surface area contributed by atoms with E-state index in [4.69, 9.17) is 0 Å². The first-order chi connectivity index (χ1) is 12.6. The summed E-state index contributed by atoms with van der Waals surface area (Å²) in [4.78, 5) is 0. The fourth-order valence-electron chi connectivity index (χ4n) is 3.70. The Bertz CT molecular complexity index is 780. The van der Waals surface area contributed by atoms with E-state index in [1.807, 2.05) is 19.2 Å². The molecule has 0 aromatic carbocycles. The van der Waals surface area contributed by atoms with Crippen LogP contribution in [0.1, 0.15) is 50.4 Å². The van der Waals surface area contributed by atoms with Gasteiger partial charge < -0.3 is 10.7 Å². The predicted molar refractivity (Wildman–Crippen MR) is 108 cm³/mol. The summed E-state index contributed by atoms with van der Waals surface area (Å²) in [5, 5.41) is 15.3. The molecule has 3 atom stereocenters. The number of aryl methyl sites for hydroxylation is 1. The number of hydrogen-bond acceptors (Lipinski definition) is 4. The minimum atomic E-state index is 0.0898. The molecule has 0 aliphatic carbocycles. The van der Waals surface area contributed by atoms with Gasteiger partial charge in [0.05, 0.1) is 29.9 Å². The second-order valence-electron chi connectivity index (χ2n) is 7.14. The highest BCUT2D eigenvalue weighted by atomic mass is 15.3. The number of allylic oxidation sites excluding steroid dienone is 2. The first kappa shape index (κ1) is 18.2. The maximum absolute atomic E-state index is 4.53. The maximum atomic E-state index is 4.53. The molecule has 0 saturated carbocycles. The molecule has 3 unspecified atom stereocenters. The fraction of sp³-hybridized carbons (Fsp3) is 0.429. The van der Waals surface area contributed by atoms with E-state index in [1.54, 1.807) is 0 Å². The summed E-state index contributed by atoms with van der Waals surface area (Å²) in [5.41, 5.74) is 10.2. The largest absolute Gasteiger partial charge is 0.380 e. The first-order valence-corrected chi connectivity index (χ1v) is 9.35. The van der Waals surface area contributed by atoms with Gasteiger partial charge in [0.2, 0.25) is 0 Å². The molecular formula is C21H29N5. The molecule has 1 aromatic heterocycles. The Morgan fingerprint density at radius 3 is 2.81 bits per heavy atom. The molecule has 5 heteroatoms. The van der Waals surface area contributed by atoms with Gasteiger partial charge in [0.25, 0.3) is 0 Å². The Kier molecular flexibility index (Phi) is 5.45. The van der Waals surface area contributed by atoms with Crippen LogP contribution in [0.15, 0.2) is 59.5 Å². The molecule has 2 aliphatic heterocycles. The van der Waals surface area contributed by atoms with Crippen molar-refractivity contribution in [2.24, 2.45) is 11.0 Å². The summed E-state index contributed by atoms with van der Waals surface area (Å²) in [7, 11) is 0. The van der Waals surface area contributed by atoms with Gasteiger partial charge in [-0.2, -0.15) is 10.2 Å². The lowest BCUT2D eigenvalue weighted by molar-refractivity contribution is 0.590. The Labute approximate surface area is 156 Å². The number of nitrogens with one attached hydrogen (secondary N) is 3. The number of nitrogens with zero attached hydrogens (tertiary/aromatic N) is 2. The third kappa shape index (κ3) is 3.39. The topological polar surface area (TPSA) is 65.1 Å². The highest BCUT2D eigenvalue weighted by molar-refractivity contribution is 6.04. The summed E-state index contributed by atoms with van der Waals surface area (Å²) in [6.45, 7) is 14.4. The average Bonchev–Trinajstić information content (AvgIpc) is 3.25. The van der Waals surface area contributed by atoms with Crippen LogP contribution in [0.3, 0.4) is 0 Å². The third-order valence-electron chi connectivity index (χ3n) is 5.17. The molecule has 0 fully saturated rings. The lowest BCUT2D eigenvalue weighted by Gasteiger charge is -2.29. The zero-order chi connectivity index (χ0) is 18.7. The molecule has 0 spiro atoms. The highest BCUT2D eigenvalue weighted by Gasteiger charge is 2.35. The molecule has 3 N–H and O–H groups in total. The molecule has 26 heavy (non-hydrogen) atoms. The fourth-order valence-corrected chi connectivity index (χ4v) is 3.70. The number of aromatic nitrogens is 2. The van der Waals surface area contributed by atoms with Crippen molar-refractivity contribution in [2.45, 2.75) is 52.1 Å². The SMILES string of the molecule is C=CC1NN=C(C(=C)C)C1C1=CNC(c2cn[nH]c2C)C=C1CCCC. The zero-order valence-electron chi connectivity index (χ0n) is 16.0. The van der Waals surface area contributed by atoms with Gasteiger partial charge in [-0.15, -0.1) is 6.58 Å². The maximum Gasteiger partial charge on any atom is 0.0743 e. The van der Waals surface area contributed by atoms with E-state index < -0.39 is 0 Å². The summed E-state index contributed by atoms with van der Waals surface area (Å²) < 4.78 is 0. The van der Waals surface area contributed by atoms with Crippen LogP contribution in [-0.4, -0.2) is 22.0 Å². The lowest BCUT2D eigenvalue weighted by atomic mass is 9.79. The Morgan fingerprint density at radius 1 is 1.38 bits per heavy atom. The number of H-pyrrole nitrogens is 1. The van der Waals surface area contributed by atoms with Gasteiger partial charge in [-0.05, 0) is 43.4 Å². The molecule has 0 amide bonds. The van der Waals surface area contributed by atoms with Crippen LogP contribution in [0.25, 0.3) is 0 Å². The van der Waals surface area contributed by atoms with Crippen molar-refractivity contribution in [3.05, 3.63) is 65.7 Å². The second kappa shape index (κ2) is 7.77. The Hall–Kier alpha value is -2.56. The monoisotopic (exact) mass is 351 g/mol. The van der Waals surface area contributed by atoms with Crippen LogP contribution in [0.2, 0.25) is 0 Å². The van der Waals surface area contributed by atoms with Crippen molar-refractivity contribution in [2.75, 3.05) is 0 Å². The van der Waals surface area contributed by atoms with Crippen molar-refractivity contribution >= 4 is 5.71 Å². The Balaban J connectivity index is 1.95. The van der Waals surface area contributed by atoms with Gasteiger partial charge in [-0.1, -0.05) is 32.1 Å². The van der Waals surface area contributed by atoms with Gasteiger partial charge in [-0.3, -0.25) is 5.10 Å². The van der Waals surface area contributed by atoms with Gasteiger partial charge in [0, 0.05) is 17.5 Å². The first-order valence-electron chi connectivity index (χ1n) is 9.35. The van der Waals surface area contributed by atoms with E-state index in [2.05, 4.69) is 65.3 Å². The van der Waals surface area contributed by atoms with Gasteiger partial charge in [0.15, 0.2) is 0 Å². The number of unbranched alkanes of at least 4 members (excludes halogenated alkanes) is 1. The lowest BCUT2D eigenvalue weighted by Crippen LogP contribution is -2.33. The quantitative estimate of drug-likeness (QED) is 0.649. The van der Waals surface area contributed by atoms with Gasteiger partial charge in [-0.25, -0.2) is 0 Å². The highest BCUT2D eigenvalue weighted by Crippen LogP contribution is 2.36. The van der Waals surface area contributed by atoms with Crippen LogP contribution in [0, 0.1) is 12.8 Å². The number of aromatic amines is 1. The zero-order valence-corrected chi connectivity index (χ0v) is 16.0. The van der Waals surface area contributed by atoms with Crippen LogP contribution in [-0.2, 0) is 0 Å². The van der Waals surface area contributed by atoms with Crippen molar-refractivity contribution in [1.29, 1.82) is 0 Å². The molecular weight excluding hydrogens is 322 g/mol. The predicted octanol–water partition coefficient (Wildman–Crippen LogP) is 4.07. The Morgan fingerprint density at radius 2 is 2.19 bits per heavy atom. The summed E-state index contributed by atoms with van der Waals surface area (Å²) in [5.74, 6) is 0.145. The summed E-state index contributed by atoms with van der Waals surface area (Å²) in [6, 6.07) is 0.234. The third-order valence-corrected chi connectivity index (χ3v) is 5.17. The normalized spacial score (nSPS) is 24.9. The molecule has 138 valence electrons. The minimum Gasteiger partial charge on any atom is -0.380 e. The second-order valence-corrected chi connectivity index (χ2v) is 7.14. The van der Waals surface area contributed by atoms with Crippen LogP contribution < -0.4 is 10.7 Å². The van der Waals surface area contributed by atoms with E-state index in [0.717, 1.165) is 23.4 Å². The standard InChI is InChI=1S/C21H29N5/c1-6-8-9-15-10-19(16-12-23-24-14(16)5)22-11-17(15)20-18(7-2)25-26-21(20)13(3)4/h7,10-12,18-20,22,25H,2-3,6,8-9H2,1,4-5H3,(H,23,24). The minimum absolute atomic E-state index is 0.0898. The molecule has 3 rings (SSSR count). The molecule has 0 bridgehead atoms. The van der Waals surface area contributed by atoms with Crippen molar-refractivity contribution in [3.63, 3.8) is 0 Å². The number of hydrazone groups is 1. The molecule has 3 heterocycles. The van der Waals surface area contributed by atoms with Crippen LogP contribution >= 0.6 is 0 Å². The van der Waals surface area contributed by atoms with E-state index in [0.29, 0.717) is 0 Å². The van der Waals surface area contributed by atoms with Crippen LogP contribution in [0.5, 0.6) is 0 Å². The molecule has 0 radical (unpaired) electrons. The smallest absolute Gasteiger partial charge is 0.0743 e. The van der Waals surface area contributed by atoms with E-state index in [9.17, 15) is 0 Å². The average molecular weight is 351 g/mol. The van der Waals surface area contributed by atoms with Crippen LogP contribution in [0.4, 0.5) is 0 Å². The number of rotatable bonds is 7. The van der Waals surface area contributed by atoms with E-state index in [1.165, 1.54) is 29.6 Å². The molecule has 1 aromatic rings. The van der Waals surface area contributed by atoms with Crippen molar-refractivity contribution in [1.82, 2.24) is 20.9 Å². The molecule has 5 nitrogen and oxygen atoms in total. The molecule has 0 saturated heterocycles. The van der Waals surface area contributed by atoms with E-state index >= 15 is 0 Å². The number of hydrogen-bond donors (Lipinski definition) is 3. The van der Waals surface area contributed by atoms with Gasteiger partial charge >= 0.3 is 0 Å².